The SMILES string of the molecule is CCCNc1ccc(C(=O)Nc2ccc(C)cc2Cl)cn1. The monoisotopic (exact) mass is 303 g/mol. The summed E-state index contributed by atoms with van der Waals surface area (Å²) in [6.45, 7) is 4.89. The van der Waals surface area contributed by atoms with Crippen LogP contribution in [0.5, 0.6) is 0 Å². The summed E-state index contributed by atoms with van der Waals surface area (Å²) < 4.78 is 0. The van der Waals surface area contributed by atoms with Gasteiger partial charge in [-0.2, -0.15) is 0 Å². The molecule has 0 saturated heterocycles. The van der Waals surface area contributed by atoms with Crippen molar-refractivity contribution in [3.05, 3.63) is 52.7 Å². The molecule has 1 amide bonds. The molecular formula is C16H18ClN3O. The van der Waals surface area contributed by atoms with E-state index in [9.17, 15) is 4.79 Å². The summed E-state index contributed by atoms with van der Waals surface area (Å²) in [5.74, 6) is 0.539. The van der Waals surface area contributed by atoms with E-state index in [4.69, 9.17) is 11.6 Å². The predicted molar refractivity (Wildman–Crippen MR) is 87.2 cm³/mol. The van der Waals surface area contributed by atoms with Gasteiger partial charge >= 0.3 is 0 Å². The molecular weight excluding hydrogens is 286 g/mol. The molecule has 0 bridgehead atoms. The van der Waals surface area contributed by atoms with E-state index in [0.717, 1.165) is 24.3 Å². The van der Waals surface area contributed by atoms with E-state index in [0.29, 0.717) is 16.3 Å². The zero-order chi connectivity index (χ0) is 15.2. The van der Waals surface area contributed by atoms with Crippen LogP contribution in [0.3, 0.4) is 0 Å². The molecule has 2 rings (SSSR count). The van der Waals surface area contributed by atoms with Crippen molar-refractivity contribution < 1.29 is 4.79 Å². The average molecular weight is 304 g/mol. The first kappa shape index (κ1) is 15.3. The Hall–Kier alpha value is -2.07. The number of aryl methyl sites for hydroxylation is 1. The fraction of sp³-hybridized carbons (Fsp3) is 0.250. The van der Waals surface area contributed by atoms with Crippen LogP contribution in [0.25, 0.3) is 0 Å². The van der Waals surface area contributed by atoms with Crippen LogP contribution in [0.2, 0.25) is 5.02 Å². The molecule has 0 atom stereocenters. The normalized spacial score (nSPS) is 10.2. The molecule has 0 spiro atoms. The number of hydrogen-bond acceptors (Lipinski definition) is 3. The zero-order valence-corrected chi connectivity index (χ0v) is 12.9. The Balaban J connectivity index is 2.06. The Morgan fingerprint density at radius 2 is 2.10 bits per heavy atom. The Morgan fingerprint density at radius 1 is 1.29 bits per heavy atom. The van der Waals surface area contributed by atoms with Gasteiger partial charge in [0, 0.05) is 12.7 Å². The first-order chi connectivity index (χ1) is 10.1. The van der Waals surface area contributed by atoms with E-state index in [1.165, 1.54) is 0 Å². The van der Waals surface area contributed by atoms with Gasteiger partial charge in [0.15, 0.2) is 0 Å². The minimum absolute atomic E-state index is 0.227. The largest absolute Gasteiger partial charge is 0.370 e. The second kappa shape index (κ2) is 7.09. The summed E-state index contributed by atoms with van der Waals surface area (Å²) in [6, 6.07) is 9.04. The van der Waals surface area contributed by atoms with Crippen molar-refractivity contribution in [3.8, 4) is 0 Å². The van der Waals surface area contributed by atoms with Crippen LogP contribution >= 0.6 is 11.6 Å². The van der Waals surface area contributed by atoms with Crippen LogP contribution in [0.4, 0.5) is 11.5 Å². The van der Waals surface area contributed by atoms with E-state index in [-0.39, 0.29) is 5.91 Å². The molecule has 0 aliphatic rings. The van der Waals surface area contributed by atoms with Crippen LogP contribution in [0.1, 0.15) is 29.3 Å². The number of carbonyl (C=O) groups excluding carboxylic acids is 1. The third-order valence-corrected chi connectivity index (χ3v) is 3.27. The molecule has 0 fully saturated rings. The lowest BCUT2D eigenvalue weighted by Crippen LogP contribution is -2.13. The van der Waals surface area contributed by atoms with Gasteiger partial charge in [0.1, 0.15) is 5.82 Å². The van der Waals surface area contributed by atoms with Gasteiger partial charge in [-0.25, -0.2) is 4.98 Å². The maximum atomic E-state index is 12.1. The lowest BCUT2D eigenvalue weighted by Gasteiger charge is -2.08. The number of halogens is 1. The number of nitrogens with one attached hydrogen (secondary N) is 2. The highest BCUT2D eigenvalue weighted by molar-refractivity contribution is 6.34. The summed E-state index contributed by atoms with van der Waals surface area (Å²) in [5, 5.41) is 6.47. The summed E-state index contributed by atoms with van der Waals surface area (Å²) in [6.07, 6.45) is 2.57. The van der Waals surface area contributed by atoms with Gasteiger partial charge < -0.3 is 10.6 Å². The third kappa shape index (κ3) is 4.20. The van der Waals surface area contributed by atoms with Gasteiger partial charge in [0.25, 0.3) is 5.91 Å². The second-order valence-electron chi connectivity index (χ2n) is 4.80. The number of amides is 1. The standard InChI is InChI=1S/C16H18ClN3O/c1-3-8-18-15-7-5-12(10-19-15)16(21)20-14-6-4-11(2)9-13(14)17/h4-7,9-10H,3,8H2,1-2H3,(H,18,19)(H,20,21). The van der Waals surface area contributed by atoms with Crippen molar-refractivity contribution in [3.63, 3.8) is 0 Å². The number of aromatic nitrogens is 1. The fourth-order valence-corrected chi connectivity index (χ4v) is 2.08. The van der Waals surface area contributed by atoms with E-state index in [1.54, 1.807) is 24.4 Å². The molecule has 1 aromatic heterocycles. The zero-order valence-electron chi connectivity index (χ0n) is 12.1. The van der Waals surface area contributed by atoms with Crippen LogP contribution in [0.15, 0.2) is 36.5 Å². The molecule has 0 saturated carbocycles. The lowest BCUT2D eigenvalue weighted by atomic mass is 10.2. The number of pyridine rings is 1. The van der Waals surface area contributed by atoms with Gasteiger partial charge in [0.2, 0.25) is 0 Å². The van der Waals surface area contributed by atoms with Crippen LogP contribution in [0, 0.1) is 6.92 Å². The molecule has 0 unspecified atom stereocenters. The lowest BCUT2D eigenvalue weighted by molar-refractivity contribution is 0.102. The number of rotatable bonds is 5. The molecule has 2 aromatic rings. The Labute approximate surface area is 129 Å². The van der Waals surface area contributed by atoms with Gasteiger partial charge in [0.05, 0.1) is 16.3 Å². The van der Waals surface area contributed by atoms with Crippen molar-refractivity contribution in [1.29, 1.82) is 0 Å². The number of benzene rings is 1. The fourth-order valence-electron chi connectivity index (χ4n) is 1.80. The van der Waals surface area contributed by atoms with E-state index >= 15 is 0 Å². The minimum Gasteiger partial charge on any atom is -0.370 e. The minimum atomic E-state index is -0.227. The van der Waals surface area contributed by atoms with Crippen LogP contribution < -0.4 is 10.6 Å². The van der Waals surface area contributed by atoms with Crippen molar-refractivity contribution in [1.82, 2.24) is 4.98 Å². The maximum absolute atomic E-state index is 12.1. The molecule has 4 nitrogen and oxygen atoms in total. The van der Waals surface area contributed by atoms with Gasteiger partial charge in [-0.1, -0.05) is 24.6 Å². The average Bonchev–Trinajstić information content (AvgIpc) is 2.48. The molecule has 110 valence electrons. The topological polar surface area (TPSA) is 54.0 Å². The Bertz CT molecular complexity index is 626. The summed E-state index contributed by atoms with van der Waals surface area (Å²) >= 11 is 6.10. The summed E-state index contributed by atoms with van der Waals surface area (Å²) in [4.78, 5) is 16.4. The van der Waals surface area contributed by atoms with Crippen molar-refractivity contribution >= 4 is 29.0 Å². The number of hydrogen-bond donors (Lipinski definition) is 2. The van der Waals surface area contributed by atoms with E-state index in [2.05, 4.69) is 22.5 Å². The molecule has 0 aliphatic carbocycles. The quantitative estimate of drug-likeness (QED) is 0.873. The smallest absolute Gasteiger partial charge is 0.257 e. The Morgan fingerprint density at radius 3 is 2.71 bits per heavy atom. The van der Waals surface area contributed by atoms with Crippen molar-refractivity contribution in [2.75, 3.05) is 17.2 Å². The molecule has 1 aromatic carbocycles. The van der Waals surface area contributed by atoms with E-state index < -0.39 is 0 Å². The maximum Gasteiger partial charge on any atom is 0.257 e. The number of carbonyl (C=O) groups is 1. The third-order valence-electron chi connectivity index (χ3n) is 2.95. The van der Waals surface area contributed by atoms with Gasteiger partial charge in [-0.15, -0.1) is 0 Å². The predicted octanol–water partition coefficient (Wildman–Crippen LogP) is 4.12. The summed E-state index contributed by atoms with van der Waals surface area (Å²) in [7, 11) is 0. The molecule has 0 aliphatic heterocycles. The first-order valence-corrected chi connectivity index (χ1v) is 7.25. The second-order valence-corrected chi connectivity index (χ2v) is 5.20. The highest BCUT2D eigenvalue weighted by Gasteiger charge is 2.09. The van der Waals surface area contributed by atoms with Crippen LogP contribution in [-0.2, 0) is 0 Å². The van der Waals surface area contributed by atoms with E-state index in [1.807, 2.05) is 19.1 Å². The molecule has 5 heteroatoms. The Kier molecular flexibility index (Phi) is 5.17. The van der Waals surface area contributed by atoms with Gasteiger partial charge in [-0.05, 0) is 43.2 Å². The molecule has 0 radical (unpaired) electrons. The van der Waals surface area contributed by atoms with Crippen molar-refractivity contribution in [2.45, 2.75) is 20.3 Å². The van der Waals surface area contributed by atoms with Crippen molar-refractivity contribution in [2.24, 2.45) is 0 Å². The first-order valence-electron chi connectivity index (χ1n) is 6.87. The molecule has 21 heavy (non-hydrogen) atoms. The highest BCUT2D eigenvalue weighted by atomic mass is 35.5. The molecule has 2 N–H and O–H groups in total. The summed E-state index contributed by atoms with van der Waals surface area (Å²) in [5.41, 5.74) is 2.14. The van der Waals surface area contributed by atoms with Gasteiger partial charge in [-0.3, -0.25) is 4.79 Å². The number of anilines is 2. The number of nitrogens with zero attached hydrogens (tertiary/aromatic N) is 1. The van der Waals surface area contributed by atoms with Crippen LogP contribution in [-0.4, -0.2) is 17.4 Å². The molecule has 1 heterocycles. The highest BCUT2D eigenvalue weighted by Crippen LogP contribution is 2.23.